The van der Waals surface area contributed by atoms with Gasteiger partial charge >= 0.3 is 0 Å². The first kappa shape index (κ1) is 14.6. The highest BCUT2D eigenvalue weighted by atomic mass is 32.2. The fourth-order valence-corrected chi connectivity index (χ4v) is 4.63. The number of sulfonamides is 1. The Hall–Kier alpha value is -0.810. The molecule has 0 N–H and O–H groups in total. The first-order valence-electron chi connectivity index (χ1n) is 7.10. The monoisotopic (exact) mass is 285 g/mol. The lowest BCUT2D eigenvalue weighted by Gasteiger charge is -2.26. The van der Waals surface area contributed by atoms with Crippen LogP contribution in [-0.2, 0) is 16.6 Å². The maximum Gasteiger partial charge on any atom is 0.214 e. The van der Waals surface area contributed by atoms with Crippen LogP contribution in [0.4, 0.5) is 0 Å². The molecule has 0 atom stereocenters. The zero-order chi connectivity index (χ0) is 13.7. The molecule has 0 spiro atoms. The summed E-state index contributed by atoms with van der Waals surface area (Å²) in [6.45, 7) is 2.82. The molecule has 1 heterocycles. The Kier molecular flexibility index (Phi) is 5.05. The van der Waals surface area contributed by atoms with E-state index in [9.17, 15) is 8.42 Å². The van der Waals surface area contributed by atoms with E-state index in [1.54, 1.807) is 16.8 Å². The van der Waals surface area contributed by atoms with E-state index in [1.807, 2.05) is 13.0 Å². The molecule has 1 aliphatic carbocycles. The molecule has 4 nitrogen and oxygen atoms in total. The predicted octanol–water partition coefficient (Wildman–Crippen LogP) is 3.01. The first-order valence-corrected chi connectivity index (χ1v) is 8.71. The number of nitrogens with zero attached hydrogens (tertiary/aromatic N) is 1. The van der Waals surface area contributed by atoms with Crippen molar-refractivity contribution < 1.29 is 12.8 Å². The molecule has 1 aromatic rings. The van der Waals surface area contributed by atoms with Gasteiger partial charge in [-0.2, -0.15) is 4.31 Å². The van der Waals surface area contributed by atoms with Crippen LogP contribution in [0.1, 0.15) is 44.6 Å². The van der Waals surface area contributed by atoms with E-state index in [0.29, 0.717) is 24.8 Å². The van der Waals surface area contributed by atoms with Gasteiger partial charge in [0.1, 0.15) is 0 Å². The summed E-state index contributed by atoms with van der Waals surface area (Å²) >= 11 is 0. The van der Waals surface area contributed by atoms with Gasteiger partial charge in [-0.25, -0.2) is 8.42 Å². The summed E-state index contributed by atoms with van der Waals surface area (Å²) in [5.74, 6) is 0.649. The van der Waals surface area contributed by atoms with Crippen molar-refractivity contribution >= 4 is 10.0 Å². The Bertz CT molecular complexity index is 461. The van der Waals surface area contributed by atoms with Crippen molar-refractivity contribution in [1.82, 2.24) is 4.31 Å². The fourth-order valence-electron chi connectivity index (χ4n) is 2.75. The fraction of sp³-hybridized carbons (Fsp3) is 0.714. The van der Waals surface area contributed by atoms with Crippen molar-refractivity contribution in [3.8, 4) is 0 Å². The summed E-state index contributed by atoms with van der Waals surface area (Å²) in [7, 11) is -3.16. The predicted molar refractivity (Wildman–Crippen MR) is 75.2 cm³/mol. The Labute approximate surface area is 115 Å². The third-order valence-corrected chi connectivity index (χ3v) is 5.92. The van der Waals surface area contributed by atoms with E-state index in [2.05, 4.69) is 0 Å². The smallest absolute Gasteiger partial charge is 0.214 e. The average Bonchev–Trinajstić information content (AvgIpc) is 2.89. The van der Waals surface area contributed by atoms with Crippen molar-refractivity contribution in [1.29, 1.82) is 0 Å². The number of furan rings is 1. The van der Waals surface area contributed by atoms with Gasteiger partial charge in [-0.05, 0) is 24.8 Å². The minimum Gasteiger partial charge on any atom is -0.472 e. The lowest BCUT2D eigenvalue weighted by molar-refractivity contribution is 0.367. The van der Waals surface area contributed by atoms with Crippen LogP contribution in [0.2, 0.25) is 0 Å². The normalized spacial score (nSPS) is 18.0. The van der Waals surface area contributed by atoms with Crippen LogP contribution in [0.25, 0.3) is 0 Å². The third-order valence-electron chi connectivity index (χ3n) is 3.86. The SMILES string of the molecule is CCN(Cc1ccoc1)S(=O)(=O)CC1CCCCC1. The molecule has 0 radical (unpaired) electrons. The van der Waals surface area contributed by atoms with Crippen LogP contribution in [0.5, 0.6) is 0 Å². The molecule has 1 fully saturated rings. The molecule has 0 amide bonds. The summed E-state index contributed by atoms with van der Waals surface area (Å²) in [5, 5.41) is 0. The summed E-state index contributed by atoms with van der Waals surface area (Å²) in [5.41, 5.74) is 0.911. The van der Waals surface area contributed by atoms with Gasteiger partial charge in [0, 0.05) is 18.7 Å². The molecular formula is C14H23NO3S. The number of hydrogen-bond donors (Lipinski definition) is 0. The Balaban J connectivity index is 1.98. The Morgan fingerprint density at radius 2 is 2.05 bits per heavy atom. The van der Waals surface area contributed by atoms with Crippen molar-refractivity contribution in [3.05, 3.63) is 24.2 Å². The van der Waals surface area contributed by atoms with Gasteiger partial charge in [0.2, 0.25) is 10.0 Å². The topological polar surface area (TPSA) is 50.5 Å². The summed E-state index contributed by atoms with van der Waals surface area (Å²) in [4.78, 5) is 0. The van der Waals surface area contributed by atoms with Gasteiger partial charge in [-0.3, -0.25) is 0 Å². The minimum absolute atomic E-state index is 0.304. The molecule has 0 bridgehead atoms. The van der Waals surface area contributed by atoms with Crippen molar-refractivity contribution in [2.24, 2.45) is 5.92 Å². The second-order valence-corrected chi connectivity index (χ2v) is 7.35. The van der Waals surface area contributed by atoms with E-state index in [1.165, 1.54) is 19.3 Å². The van der Waals surface area contributed by atoms with E-state index in [4.69, 9.17) is 4.42 Å². The molecule has 1 aromatic heterocycles. The second kappa shape index (κ2) is 6.57. The Morgan fingerprint density at radius 1 is 1.32 bits per heavy atom. The van der Waals surface area contributed by atoms with Gasteiger partial charge in [0.05, 0.1) is 18.3 Å². The van der Waals surface area contributed by atoms with Crippen LogP contribution in [0.15, 0.2) is 23.0 Å². The molecule has 0 aliphatic heterocycles. The van der Waals surface area contributed by atoms with Gasteiger partial charge in [0.15, 0.2) is 0 Å². The summed E-state index contributed by atoms with van der Waals surface area (Å²) in [6, 6.07) is 1.82. The molecular weight excluding hydrogens is 262 g/mol. The largest absolute Gasteiger partial charge is 0.472 e. The van der Waals surface area contributed by atoms with Gasteiger partial charge in [0.25, 0.3) is 0 Å². The van der Waals surface area contributed by atoms with E-state index in [-0.39, 0.29) is 0 Å². The molecule has 19 heavy (non-hydrogen) atoms. The molecule has 1 saturated carbocycles. The van der Waals surface area contributed by atoms with Gasteiger partial charge in [-0.1, -0.05) is 26.2 Å². The number of hydrogen-bond acceptors (Lipinski definition) is 3. The highest BCUT2D eigenvalue weighted by molar-refractivity contribution is 7.89. The standard InChI is InChI=1S/C14H23NO3S/c1-2-15(10-14-8-9-18-11-14)19(16,17)12-13-6-4-3-5-7-13/h8-9,11,13H,2-7,10,12H2,1H3. The van der Waals surface area contributed by atoms with E-state index < -0.39 is 10.0 Å². The van der Waals surface area contributed by atoms with Gasteiger partial charge < -0.3 is 4.42 Å². The third kappa shape index (κ3) is 4.08. The van der Waals surface area contributed by atoms with Crippen LogP contribution in [0.3, 0.4) is 0 Å². The van der Waals surface area contributed by atoms with Crippen molar-refractivity contribution in [2.45, 2.75) is 45.6 Å². The summed E-state index contributed by atoms with van der Waals surface area (Å²) in [6.07, 6.45) is 8.91. The summed E-state index contributed by atoms with van der Waals surface area (Å²) < 4.78 is 31.5. The van der Waals surface area contributed by atoms with E-state index >= 15 is 0 Å². The maximum atomic E-state index is 12.5. The first-order chi connectivity index (χ1) is 9.12. The highest BCUT2D eigenvalue weighted by Gasteiger charge is 2.26. The minimum atomic E-state index is -3.16. The highest BCUT2D eigenvalue weighted by Crippen LogP contribution is 2.26. The maximum absolute atomic E-state index is 12.5. The molecule has 5 heteroatoms. The van der Waals surface area contributed by atoms with Crippen molar-refractivity contribution in [3.63, 3.8) is 0 Å². The molecule has 0 unspecified atom stereocenters. The van der Waals surface area contributed by atoms with Gasteiger partial charge in [-0.15, -0.1) is 0 Å². The quantitative estimate of drug-likeness (QED) is 0.807. The van der Waals surface area contributed by atoms with Crippen LogP contribution in [-0.4, -0.2) is 25.0 Å². The lowest BCUT2D eigenvalue weighted by Crippen LogP contribution is -2.35. The second-order valence-electron chi connectivity index (χ2n) is 5.34. The van der Waals surface area contributed by atoms with Crippen molar-refractivity contribution in [2.75, 3.05) is 12.3 Å². The average molecular weight is 285 g/mol. The van der Waals surface area contributed by atoms with Crippen LogP contribution >= 0.6 is 0 Å². The van der Waals surface area contributed by atoms with Crippen LogP contribution < -0.4 is 0 Å². The molecule has 0 saturated heterocycles. The molecule has 1 aliphatic rings. The Morgan fingerprint density at radius 3 is 2.63 bits per heavy atom. The van der Waals surface area contributed by atoms with Crippen LogP contribution in [0, 0.1) is 5.92 Å². The van der Waals surface area contributed by atoms with E-state index in [0.717, 1.165) is 18.4 Å². The number of rotatable bonds is 6. The lowest BCUT2D eigenvalue weighted by atomic mass is 9.91. The molecule has 2 rings (SSSR count). The zero-order valence-electron chi connectivity index (χ0n) is 11.5. The molecule has 0 aromatic carbocycles. The zero-order valence-corrected chi connectivity index (χ0v) is 12.4. The molecule has 108 valence electrons.